The molecule has 1 aromatic carbocycles. The Morgan fingerprint density at radius 1 is 1.30 bits per heavy atom. The van der Waals surface area contributed by atoms with Crippen LogP contribution >= 0.6 is 11.6 Å². The van der Waals surface area contributed by atoms with Crippen LogP contribution in [-0.2, 0) is 17.6 Å². The summed E-state index contributed by atoms with van der Waals surface area (Å²) < 4.78 is 5.24. The largest absolute Gasteiger partial charge is 0.449 e. The molecular formula is C25H33ClN4O3. The summed E-state index contributed by atoms with van der Waals surface area (Å²) in [5.41, 5.74) is 9.28. The van der Waals surface area contributed by atoms with Crippen molar-refractivity contribution in [3.05, 3.63) is 40.0 Å². The number of piperazine rings is 1. The van der Waals surface area contributed by atoms with Crippen LogP contribution in [0.4, 0.5) is 4.79 Å². The molecule has 1 aromatic heterocycles. The highest BCUT2D eigenvalue weighted by atomic mass is 35.5. The Hall–Kier alpha value is -2.38. The molecule has 33 heavy (non-hydrogen) atoms. The maximum atomic E-state index is 13.3. The van der Waals surface area contributed by atoms with E-state index in [0.717, 1.165) is 59.3 Å². The number of rotatable bonds is 5. The van der Waals surface area contributed by atoms with Crippen LogP contribution in [0.2, 0.25) is 5.02 Å². The zero-order valence-electron chi connectivity index (χ0n) is 19.5. The summed E-state index contributed by atoms with van der Waals surface area (Å²) in [7, 11) is 0. The highest BCUT2D eigenvalue weighted by Gasteiger charge is 2.31. The third-order valence-corrected chi connectivity index (χ3v) is 7.21. The predicted octanol–water partition coefficient (Wildman–Crippen LogP) is 4.03. The van der Waals surface area contributed by atoms with Crippen LogP contribution in [0.1, 0.15) is 54.7 Å². The van der Waals surface area contributed by atoms with Crippen LogP contribution in [0, 0.1) is 5.92 Å². The van der Waals surface area contributed by atoms with Gasteiger partial charge in [0.15, 0.2) is 0 Å². The summed E-state index contributed by atoms with van der Waals surface area (Å²) in [6.07, 6.45) is 4.36. The number of pyridine rings is 1. The average Bonchev–Trinajstić information content (AvgIpc) is 2.82. The van der Waals surface area contributed by atoms with Gasteiger partial charge < -0.3 is 20.3 Å². The van der Waals surface area contributed by atoms with Gasteiger partial charge in [0.25, 0.3) is 5.91 Å². The number of ether oxygens (including phenoxy) is 1. The molecule has 1 saturated heterocycles. The van der Waals surface area contributed by atoms with Gasteiger partial charge in [0.2, 0.25) is 0 Å². The number of aryl methyl sites for hydroxylation is 1. The molecule has 2 aliphatic rings. The Morgan fingerprint density at radius 3 is 2.85 bits per heavy atom. The van der Waals surface area contributed by atoms with Gasteiger partial charge in [-0.2, -0.15) is 0 Å². The number of hydrogen-bond donors (Lipinski definition) is 1. The number of halogens is 1. The molecule has 0 radical (unpaired) electrons. The summed E-state index contributed by atoms with van der Waals surface area (Å²) in [6, 6.07) is 5.49. The Morgan fingerprint density at radius 2 is 2.12 bits per heavy atom. The molecule has 0 saturated carbocycles. The maximum absolute atomic E-state index is 13.3. The van der Waals surface area contributed by atoms with Gasteiger partial charge in [-0.25, -0.2) is 4.79 Å². The van der Waals surface area contributed by atoms with Crippen molar-refractivity contribution in [2.24, 2.45) is 11.7 Å². The molecule has 0 bridgehead atoms. The topological polar surface area (TPSA) is 88.8 Å². The molecule has 178 valence electrons. The quantitative estimate of drug-likeness (QED) is 0.709. The van der Waals surface area contributed by atoms with Crippen LogP contribution in [0.3, 0.4) is 0 Å². The van der Waals surface area contributed by atoms with E-state index in [-0.39, 0.29) is 18.0 Å². The van der Waals surface area contributed by atoms with Crippen LogP contribution in [0.15, 0.2) is 18.2 Å². The van der Waals surface area contributed by atoms with Crippen LogP contribution < -0.4 is 5.73 Å². The van der Waals surface area contributed by atoms with E-state index in [1.807, 2.05) is 36.9 Å². The molecule has 0 spiro atoms. The van der Waals surface area contributed by atoms with E-state index in [0.29, 0.717) is 44.3 Å². The van der Waals surface area contributed by atoms with Crippen LogP contribution in [0.5, 0.6) is 0 Å². The molecular weight excluding hydrogens is 440 g/mol. The molecule has 7 nitrogen and oxygen atoms in total. The molecule has 2 atom stereocenters. The highest BCUT2D eigenvalue weighted by molar-refractivity contribution is 6.36. The van der Waals surface area contributed by atoms with E-state index >= 15 is 0 Å². The molecule has 2 amide bonds. The zero-order chi connectivity index (χ0) is 23.5. The van der Waals surface area contributed by atoms with E-state index in [2.05, 4.69) is 0 Å². The van der Waals surface area contributed by atoms with Crippen molar-refractivity contribution in [1.29, 1.82) is 0 Å². The zero-order valence-corrected chi connectivity index (χ0v) is 20.2. The number of hydrogen-bond acceptors (Lipinski definition) is 5. The lowest BCUT2D eigenvalue weighted by atomic mass is 9.84. The second-order valence-electron chi connectivity index (χ2n) is 9.18. The predicted molar refractivity (Wildman–Crippen MR) is 130 cm³/mol. The second kappa shape index (κ2) is 10.3. The summed E-state index contributed by atoms with van der Waals surface area (Å²) in [6.45, 7) is 6.43. The summed E-state index contributed by atoms with van der Waals surface area (Å²) >= 11 is 6.79. The standard InChI is InChI=1S/C25H33ClN4O3/c1-3-12-33-25(32)29-10-11-30(16(2)15-29)24(31)18-5-6-19-22(14-18)28-21-7-4-17(8-9-27)13-20(21)23(19)26/h5-6,14,16-17H,3-4,7-13,15,27H2,1-2H3. The van der Waals surface area contributed by atoms with E-state index in [4.69, 9.17) is 27.1 Å². The number of carbonyl (C=O) groups excluding carboxylic acids is 2. The number of benzene rings is 1. The van der Waals surface area contributed by atoms with Crippen molar-refractivity contribution in [1.82, 2.24) is 14.8 Å². The molecule has 1 aliphatic carbocycles. The van der Waals surface area contributed by atoms with Crippen molar-refractivity contribution in [2.75, 3.05) is 32.8 Å². The van der Waals surface area contributed by atoms with E-state index in [9.17, 15) is 9.59 Å². The van der Waals surface area contributed by atoms with Gasteiger partial charge in [0, 0.05) is 42.3 Å². The first-order valence-corrected chi connectivity index (χ1v) is 12.3. The Labute approximate surface area is 200 Å². The molecule has 2 unspecified atom stereocenters. The van der Waals surface area contributed by atoms with Crippen LogP contribution in [-0.4, -0.2) is 65.6 Å². The van der Waals surface area contributed by atoms with Gasteiger partial charge in [0.05, 0.1) is 17.1 Å². The normalized spacial score (nSPS) is 20.6. The first kappa shape index (κ1) is 23.8. The van der Waals surface area contributed by atoms with Gasteiger partial charge in [0.1, 0.15) is 0 Å². The minimum absolute atomic E-state index is 0.0513. The van der Waals surface area contributed by atoms with Crippen molar-refractivity contribution < 1.29 is 14.3 Å². The number of carbonyl (C=O) groups is 2. The van der Waals surface area contributed by atoms with Gasteiger partial charge in [-0.05, 0) is 69.2 Å². The third-order valence-electron chi connectivity index (χ3n) is 6.78. The Bertz CT molecular complexity index is 1040. The lowest BCUT2D eigenvalue weighted by Gasteiger charge is -2.39. The maximum Gasteiger partial charge on any atom is 0.409 e. The molecule has 2 heterocycles. The molecule has 4 rings (SSSR count). The fraction of sp³-hybridized carbons (Fsp3) is 0.560. The Kier molecular flexibility index (Phi) is 7.39. The van der Waals surface area contributed by atoms with E-state index < -0.39 is 0 Å². The number of nitrogens with two attached hydrogens (primary N) is 1. The van der Waals surface area contributed by atoms with Gasteiger partial charge >= 0.3 is 6.09 Å². The minimum atomic E-state index is -0.307. The minimum Gasteiger partial charge on any atom is -0.449 e. The average molecular weight is 473 g/mol. The lowest BCUT2D eigenvalue weighted by Crippen LogP contribution is -2.55. The molecule has 2 N–H and O–H groups in total. The van der Waals surface area contributed by atoms with Crippen LogP contribution in [0.25, 0.3) is 10.9 Å². The fourth-order valence-electron chi connectivity index (χ4n) is 4.94. The molecule has 2 aromatic rings. The third kappa shape index (κ3) is 4.94. The van der Waals surface area contributed by atoms with Gasteiger partial charge in [-0.3, -0.25) is 9.78 Å². The molecule has 8 heteroatoms. The van der Waals surface area contributed by atoms with Crippen molar-refractivity contribution in [3.8, 4) is 0 Å². The van der Waals surface area contributed by atoms with Gasteiger partial charge in [-0.15, -0.1) is 0 Å². The molecule has 1 aliphatic heterocycles. The first-order chi connectivity index (χ1) is 15.9. The lowest BCUT2D eigenvalue weighted by molar-refractivity contribution is 0.0414. The Balaban J connectivity index is 1.51. The summed E-state index contributed by atoms with van der Waals surface area (Å²) in [5.74, 6) is 0.504. The number of nitrogens with zero attached hydrogens (tertiary/aromatic N) is 3. The highest BCUT2D eigenvalue weighted by Crippen LogP contribution is 2.36. The second-order valence-corrected chi connectivity index (χ2v) is 9.56. The number of amides is 2. The number of aromatic nitrogens is 1. The summed E-state index contributed by atoms with van der Waals surface area (Å²) in [4.78, 5) is 33.9. The smallest absolute Gasteiger partial charge is 0.409 e. The van der Waals surface area contributed by atoms with E-state index in [1.165, 1.54) is 0 Å². The molecule has 1 fully saturated rings. The number of fused-ring (bicyclic) bond motifs is 2. The van der Waals surface area contributed by atoms with Gasteiger partial charge in [-0.1, -0.05) is 24.6 Å². The van der Waals surface area contributed by atoms with E-state index in [1.54, 1.807) is 4.90 Å². The fourth-order valence-corrected chi connectivity index (χ4v) is 5.29. The van der Waals surface area contributed by atoms with Crippen molar-refractivity contribution in [2.45, 2.75) is 52.0 Å². The van der Waals surface area contributed by atoms with Crippen molar-refractivity contribution in [3.63, 3.8) is 0 Å². The first-order valence-electron chi connectivity index (χ1n) is 12.0. The summed E-state index contributed by atoms with van der Waals surface area (Å²) in [5, 5.41) is 1.64. The monoisotopic (exact) mass is 472 g/mol. The van der Waals surface area contributed by atoms with Crippen molar-refractivity contribution >= 4 is 34.5 Å². The SMILES string of the molecule is CCCOC(=O)N1CCN(C(=O)c2ccc3c(Cl)c4c(nc3c2)CCC(CCN)C4)C(C)C1.